The van der Waals surface area contributed by atoms with Gasteiger partial charge in [0.05, 0.1) is 4.90 Å². The molecule has 0 spiro atoms. The summed E-state index contributed by atoms with van der Waals surface area (Å²) < 4.78 is 26.2. The zero-order valence-electron chi connectivity index (χ0n) is 10.1. The van der Waals surface area contributed by atoms with Crippen LogP contribution in [0.25, 0.3) is 0 Å². The largest absolute Gasteiger partial charge is 0.399 e. The number of nitrogen functional groups attached to an aromatic ring is 1. The summed E-state index contributed by atoms with van der Waals surface area (Å²) in [5, 5.41) is 0. The Kier molecular flexibility index (Phi) is 4.74. The van der Waals surface area contributed by atoms with Crippen molar-refractivity contribution in [1.29, 1.82) is 0 Å². The molecule has 0 saturated heterocycles. The normalized spacial score (nSPS) is 12.1. The molecule has 0 unspecified atom stereocenters. The number of allylic oxidation sites excluding steroid dienone is 4. The van der Waals surface area contributed by atoms with E-state index in [0.29, 0.717) is 11.4 Å². The zero-order chi connectivity index (χ0) is 13.6. The van der Waals surface area contributed by atoms with Crippen molar-refractivity contribution < 1.29 is 8.42 Å². The first kappa shape index (κ1) is 14.1. The van der Waals surface area contributed by atoms with Gasteiger partial charge in [0, 0.05) is 11.4 Å². The lowest BCUT2D eigenvalue weighted by Gasteiger charge is -2.07. The number of anilines is 1. The van der Waals surface area contributed by atoms with Crippen molar-refractivity contribution in [3.63, 3.8) is 0 Å². The summed E-state index contributed by atoms with van der Waals surface area (Å²) >= 11 is 0. The van der Waals surface area contributed by atoms with E-state index < -0.39 is 10.0 Å². The predicted octanol–water partition coefficient (Wildman–Crippen LogP) is 2.19. The molecule has 1 aromatic carbocycles. The van der Waals surface area contributed by atoms with E-state index in [2.05, 4.69) is 11.3 Å². The van der Waals surface area contributed by atoms with Gasteiger partial charge in [0.1, 0.15) is 0 Å². The van der Waals surface area contributed by atoms with E-state index in [1.54, 1.807) is 18.2 Å². The third-order valence-electron chi connectivity index (χ3n) is 2.06. The van der Waals surface area contributed by atoms with E-state index >= 15 is 0 Å². The van der Waals surface area contributed by atoms with Gasteiger partial charge in [-0.25, -0.2) is 8.42 Å². The first-order valence-corrected chi connectivity index (χ1v) is 6.80. The van der Waals surface area contributed by atoms with Crippen LogP contribution in [0.15, 0.2) is 65.7 Å². The molecule has 96 valence electrons. The molecule has 0 atom stereocenters. The van der Waals surface area contributed by atoms with Crippen LogP contribution in [0.3, 0.4) is 0 Å². The molecule has 0 amide bonds. The van der Waals surface area contributed by atoms with Crippen molar-refractivity contribution in [3.8, 4) is 0 Å². The van der Waals surface area contributed by atoms with E-state index in [-0.39, 0.29) is 4.90 Å². The topological polar surface area (TPSA) is 72.2 Å². The molecule has 0 saturated carbocycles. The highest BCUT2D eigenvalue weighted by Gasteiger charge is 2.12. The van der Waals surface area contributed by atoms with Crippen LogP contribution >= 0.6 is 0 Å². The Bertz CT molecular complexity index is 570. The minimum Gasteiger partial charge on any atom is -0.399 e. The average molecular weight is 264 g/mol. The third kappa shape index (κ3) is 4.10. The minimum absolute atomic E-state index is 0.150. The molecule has 0 aliphatic carbocycles. The van der Waals surface area contributed by atoms with Gasteiger partial charge in [-0.05, 0) is 37.3 Å². The van der Waals surface area contributed by atoms with Crippen molar-refractivity contribution >= 4 is 15.7 Å². The maximum Gasteiger partial charge on any atom is 0.261 e. The second-order valence-electron chi connectivity index (χ2n) is 3.58. The van der Waals surface area contributed by atoms with Crippen molar-refractivity contribution in [3.05, 3.63) is 60.8 Å². The van der Waals surface area contributed by atoms with E-state index in [0.717, 1.165) is 0 Å². The summed E-state index contributed by atoms with van der Waals surface area (Å²) in [5.41, 5.74) is 6.31. The van der Waals surface area contributed by atoms with Gasteiger partial charge in [-0.1, -0.05) is 24.8 Å². The molecule has 18 heavy (non-hydrogen) atoms. The molecule has 0 aliphatic heterocycles. The van der Waals surface area contributed by atoms with Gasteiger partial charge in [-0.3, -0.25) is 4.72 Å². The van der Waals surface area contributed by atoms with Gasteiger partial charge in [-0.15, -0.1) is 0 Å². The fourth-order valence-corrected chi connectivity index (χ4v) is 2.22. The number of nitrogens with one attached hydrogen (secondary N) is 1. The molecule has 1 aromatic rings. The van der Waals surface area contributed by atoms with E-state index in [4.69, 9.17) is 5.73 Å². The van der Waals surface area contributed by atoms with Crippen LogP contribution in [0.2, 0.25) is 0 Å². The number of nitrogens with two attached hydrogens (primary N) is 1. The zero-order valence-corrected chi connectivity index (χ0v) is 10.9. The van der Waals surface area contributed by atoms with Crippen LogP contribution in [-0.4, -0.2) is 8.42 Å². The highest BCUT2D eigenvalue weighted by Crippen LogP contribution is 2.12. The lowest BCUT2D eigenvalue weighted by molar-refractivity contribution is 0.589. The molecular weight excluding hydrogens is 248 g/mol. The molecule has 5 heteroatoms. The lowest BCUT2D eigenvalue weighted by Crippen LogP contribution is -2.21. The second-order valence-corrected chi connectivity index (χ2v) is 5.27. The van der Waals surface area contributed by atoms with Crippen LogP contribution in [0.1, 0.15) is 6.92 Å². The van der Waals surface area contributed by atoms with Crippen LogP contribution in [0, 0.1) is 0 Å². The predicted molar refractivity (Wildman–Crippen MR) is 74.3 cm³/mol. The molecule has 4 nitrogen and oxygen atoms in total. The Balaban J connectivity index is 2.82. The molecule has 3 N–H and O–H groups in total. The molecule has 0 aromatic heterocycles. The van der Waals surface area contributed by atoms with Gasteiger partial charge in [0.2, 0.25) is 0 Å². The van der Waals surface area contributed by atoms with Gasteiger partial charge in [0.15, 0.2) is 0 Å². The average Bonchev–Trinajstić information content (AvgIpc) is 2.29. The molecule has 0 bridgehead atoms. The van der Waals surface area contributed by atoms with Crippen LogP contribution in [-0.2, 0) is 10.0 Å². The molecule has 1 rings (SSSR count). The second kappa shape index (κ2) is 6.07. The smallest absolute Gasteiger partial charge is 0.261 e. The maximum atomic E-state index is 11.9. The summed E-state index contributed by atoms with van der Waals surface area (Å²) in [6.45, 7) is 5.49. The quantitative estimate of drug-likeness (QED) is 0.632. The van der Waals surface area contributed by atoms with E-state index in [1.807, 2.05) is 13.0 Å². The van der Waals surface area contributed by atoms with Crippen molar-refractivity contribution in [2.45, 2.75) is 11.8 Å². The SMILES string of the molecule is C=C(/C=C\C=C/C)NS(=O)(=O)c1ccc(N)cc1. The Morgan fingerprint density at radius 1 is 1.28 bits per heavy atom. The van der Waals surface area contributed by atoms with E-state index in [1.165, 1.54) is 24.3 Å². The monoisotopic (exact) mass is 264 g/mol. The number of hydrogen-bond donors (Lipinski definition) is 2. The third-order valence-corrected chi connectivity index (χ3v) is 3.48. The maximum absolute atomic E-state index is 11.9. The number of rotatable bonds is 5. The van der Waals surface area contributed by atoms with Crippen molar-refractivity contribution in [1.82, 2.24) is 4.72 Å². The summed E-state index contributed by atoms with van der Waals surface area (Å²) in [4.78, 5) is 0.150. The van der Waals surface area contributed by atoms with Gasteiger partial charge in [-0.2, -0.15) is 0 Å². The first-order valence-electron chi connectivity index (χ1n) is 5.32. The molecule has 0 heterocycles. The fraction of sp³-hybridized carbons (Fsp3) is 0.0769. The highest BCUT2D eigenvalue weighted by atomic mass is 32.2. The number of hydrogen-bond acceptors (Lipinski definition) is 3. The fourth-order valence-electron chi connectivity index (χ4n) is 1.20. The molecular formula is C13H16N2O2S. The molecule has 0 aliphatic rings. The van der Waals surface area contributed by atoms with Gasteiger partial charge >= 0.3 is 0 Å². The summed E-state index contributed by atoms with van der Waals surface area (Å²) in [7, 11) is -3.59. The summed E-state index contributed by atoms with van der Waals surface area (Å²) in [5.74, 6) is 0. The van der Waals surface area contributed by atoms with Crippen LogP contribution in [0.4, 0.5) is 5.69 Å². The van der Waals surface area contributed by atoms with Gasteiger partial charge in [0.25, 0.3) is 10.0 Å². The van der Waals surface area contributed by atoms with E-state index in [9.17, 15) is 8.42 Å². The standard InChI is InChI=1S/C13H16N2O2S/c1-3-4-5-6-11(2)15-18(16,17)13-9-7-12(14)8-10-13/h3-10,15H,2,14H2,1H3/b4-3-,6-5-. The van der Waals surface area contributed by atoms with Crippen LogP contribution in [0.5, 0.6) is 0 Å². The van der Waals surface area contributed by atoms with Crippen LogP contribution < -0.4 is 10.5 Å². The molecule has 0 radical (unpaired) electrons. The Labute approximate surface area is 108 Å². The Morgan fingerprint density at radius 2 is 1.89 bits per heavy atom. The number of sulfonamides is 1. The molecule has 0 fully saturated rings. The minimum atomic E-state index is -3.59. The summed E-state index contributed by atoms with van der Waals surface area (Å²) in [6.07, 6.45) is 6.89. The Morgan fingerprint density at radius 3 is 2.44 bits per heavy atom. The first-order chi connectivity index (χ1) is 8.45. The lowest BCUT2D eigenvalue weighted by atomic mass is 10.3. The Hall–Kier alpha value is -2.01. The van der Waals surface area contributed by atoms with Crippen molar-refractivity contribution in [2.75, 3.05) is 5.73 Å². The van der Waals surface area contributed by atoms with Gasteiger partial charge < -0.3 is 5.73 Å². The van der Waals surface area contributed by atoms with Crippen molar-refractivity contribution in [2.24, 2.45) is 0 Å². The number of benzene rings is 1. The highest BCUT2D eigenvalue weighted by molar-refractivity contribution is 7.89. The summed E-state index contributed by atoms with van der Waals surface area (Å²) in [6, 6.07) is 5.96.